The third kappa shape index (κ3) is 5.52. The highest BCUT2D eigenvalue weighted by atomic mass is 19.1. The number of amides is 2. The van der Waals surface area contributed by atoms with Gasteiger partial charge >= 0.3 is 6.09 Å². The predicted octanol–water partition coefficient (Wildman–Crippen LogP) is 5.11. The number of nitrogens with zero attached hydrogens (tertiary/aromatic N) is 3. The fraction of sp³-hybridized carbons (Fsp3) is 0.593. The number of imidazole rings is 1. The van der Waals surface area contributed by atoms with Gasteiger partial charge in [-0.3, -0.25) is 4.79 Å². The van der Waals surface area contributed by atoms with E-state index in [0.29, 0.717) is 38.8 Å². The molecule has 1 N–H and O–H groups in total. The second-order valence-electron chi connectivity index (χ2n) is 11.2. The van der Waals surface area contributed by atoms with Crippen molar-refractivity contribution in [1.29, 1.82) is 0 Å². The van der Waals surface area contributed by atoms with E-state index in [1.165, 1.54) is 11.1 Å². The average molecular weight is 485 g/mol. The molecule has 0 bridgehead atoms. The summed E-state index contributed by atoms with van der Waals surface area (Å²) in [5, 5.41) is 2.71. The Hall–Kier alpha value is -2.90. The van der Waals surface area contributed by atoms with Gasteiger partial charge in [-0.15, -0.1) is 0 Å². The van der Waals surface area contributed by atoms with Crippen molar-refractivity contribution in [3.05, 3.63) is 42.4 Å². The van der Waals surface area contributed by atoms with Gasteiger partial charge in [0, 0.05) is 18.7 Å². The number of benzene rings is 1. The van der Waals surface area contributed by atoms with Crippen molar-refractivity contribution in [2.45, 2.75) is 83.7 Å². The Morgan fingerprint density at radius 2 is 1.91 bits per heavy atom. The standard InChI is InChI=1S/C27H37FN4O3/c1-18(2)23(30-25(34)35-26(3,4)5)24(33)31-14-12-27(28,13-15-31)11-10-21-19-8-6-7-9-20(19)22-16-29-17-32(21)22/h6-9,16-18,21,23H,10-15H2,1-5H3,(H,30,34)/t21?,23-/m0/s1. The molecule has 1 unspecified atom stereocenters. The van der Waals surface area contributed by atoms with E-state index in [1.54, 1.807) is 25.7 Å². The second kappa shape index (κ2) is 9.63. The molecule has 1 aromatic heterocycles. The minimum atomic E-state index is -1.32. The summed E-state index contributed by atoms with van der Waals surface area (Å²) >= 11 is 0. The molecule has 2 atom stereocenters. The van der Waals surface area contributed by atoms with Gasteiger partial charge in [0.25, 0.3) is 0 Å². The summed E-state index contributed by atoms with van der Waals surface area (Å²) in [7, 11) is 0. The number of alkyl carbamates (subject to hydrolysis) is 1. The van der Waals surface area contributed by atoms with Crippen LogP contribution in [-0.4, -0.2) is 56.9 Å². The van der Waals surface area contributed by atoms with Crippen molar-refractivity contribution in [2.75, 3.05) is 13.1 Å². The molecule has 7 nitrogen and oxygen atoms in total. The smallest absolute Gasteiger partial charge is 0.408 e. The lowest BCUT2D eigenvalue weighted by molar-refractivity contribution is -0.137. The molecule has 2 aliphatic rings. The minimum Gasteiger partial charge on any atom is -0.444 e. The van der Waals surface area contributed by atoms with Crippen molar-refractivity contribution >= 4 is 12.0 Å². The van der Waals surface area contributed by atoms with Gasteiger partial charge in [0.1, 0.15) is 17.3 Å². The number of ether oxygens (including phenoxy) is 1. The SMILES string of the molecule is CC(C)[C@H](NC(=O)OC(C)(C)C)C(=O)N1CCC(F)(CCC2c3ccccc3-c3cncn32)CC1. The highest BCUT2D eigenvalue weighted by Crippen LogP contribution is 2.43. The number of rotatable bonds is 6. The molecule has 1 saturated heterocycles. The molecule has 1 fully saturated rings. The van der Waals surface area contributed by atoms with Crippen LogP contribution in [0.15, 0.2) is 36.8 Å². The second-order valence-corrected chi connectivity index (χ2v) is 11.2. The van der Waals surface area contributed by atoms with Crippen LogP contribution in [0.3, 0.4) is 0 Å². The van der Waals surface area contributed by atoms with E-state index in [1.807, 2.05) is 38.5 Å². The van der Waals surface area contributed by atoms with E-state index < -0.39 is 23.4 Å². The molecule has 35 heavy (non-hydrogen) atoms. The van der Waals surface area contributed by atoms with Crippen LogP contribution < -0.4 is 5.32 Å². The quantitative estimate of drug-likeness (QED) is 0.618. The summed E-state index contributed by atoms with van der Waals surface area (Å²) in [5.41, 5.74) is 1.50. The Labute approximate surface area is 207 Å². The van der Waals surface area contributed by atoms with Crippen LogP contribution in [0, 0.1) is 5.92 Å². The van der Waals surface area contributed by atoms with Crippen molar-refractivity contribution in [1.82, 2.24) is 19.8 Å². The van der Waals surface area contributed by atoms with Gasteiger partial charge in [0.15, 0.2) is 0 Å². The van der Waals surface area contributed by atoms with Gasteiger partial charge < -0.3 is 19.5 Å². The van der Waals surface area contributed by atoms with Crippen LogP contribution in [0.2, 0.25) is 0 Å². The first-order chi connectivity index (χ1) is 16.5. The summed E-state index contributed by atoms with van der Waals surface area (Å²) in [5.74, 6) is -0.292. The number of piperidine rings is 1. The minimum absolute atomic E-state index is 0.0827. The van der Waals surface area contributed by atoms with Crippen molar-refractivity contribution < 1.29 is 18.7 Å². The number of halogens is 1. The molecule has 2 aromatic rings. The largest absolute Gasteiger partial charge is 0.444 e. The fourth-order valence-corrected chi connectivity index (χ4v) is 5.14. The maximum Gasteiger partial charge on any atom is 0.408 e. The molecular formula is C27H37FN4O3. The van der Waals surface area contributed by atoms with E-state index in [9.17, 15) is 9.59 Å². The maximum atomic E-state index is 15.8. The highest BCUT2D eigenvalue weighted by Gasteiger charge is 2.40. The number of hydrogen-bond donors (Lipinski definition) is 1. The van der Waals surface area contributed by atoms with Gasteiger partial charge in [0.2, 0.25) is 5.91 Å². The van der Waals surface area contributed by atoms with Crippen LogP contribution in [0.25, 0.3) is 11.3 Å². The first-order valence-electron chi connectivity index (χ1n) is 12.6. The molecule has 2 aliphatic heterocycles. The summed E-state index contributed by atoms with van der Waals surface area (Å²) in [6, 6.07) is 7.63. The lowest BCUT2D eigenvalue weighted by Gasteiger charge is -2.39. The highest BCUT2D eigenvalue weighted by molar-refractivity contribution is 5.86. The first-order valence-corrected chi connectivity index (χ1v) is 12.6. The first kappa shape index (κ1) is 25.2. The molecule has 8 heteroatoms. The van der Waals surface area contributed by atoms with Gasteiger partial charge in [-0.05, 0) is 57.9 Å². The molecule has 3 heterocycles. The van der Waals surface area contributed by atoms with E-state index in [0.717, 1.165) is 5.69 Å². The lowest BCUT2D eigenvalue weighted by atomic mass is 9.86. The molecule has 4 rings (SSSR count). The van der Waals surface area contributed by atoms with Crippen LogP contribution in [0.1, 0.15) is 71.9 Å². The zero-order valence-corrected chi connectivity index (χ0v) is 21.4. The summed E-state index contributed by atoms with van der Waals surface area (Å²) in [6.07, 6.45) is 4.77. The van der Waals surface area contributed by atoms with Crippen LogP contribution in [-0.2, 0) is 9.53 Å². The number of fused-ring (bicyclic) bond motifs is 3. The topological polar surface area (TPSA) is 76.5 Å². The van der Waals surface area contributed by atoms with Crippen molar-refractivity contribution in [2.24, 2.45) is 5.92 Å². The average Bonchev–Trinajstić information content (AvgIpc) is 3.36. The molecule has 1 aromatic carbocycles. The normalized spacial score (nSPS) is 19.7. The Kier molecular flexibility index (Phi) is 6.93. The Morgan fingerprint density at radius 3 is 2.57 bits per heavy atom. The van der Waals surface area contributed by atoms with Crippen molar-refractivity contribution in [3.8, 4) is 11.3 Å². The molecule has 2 amide bonds. The van der Waals surface area contributed by atoms with Gasteiger partial charge in [-0.25, -0.2) is 14.2 Å². The van der Waals surface area contributed by atoms with Crippen LogP contribution >= 0.6 is 0 Å². The zero-order valence-electron chi connectivity index (χ0n) is 21.4. The van der Waals surface area contributed by atoms with E-state index in [4.69, 9.17) is 4.74 Å². The predicted molar refractivity (Wildman–Crippen MR) is 133 cm³/mol. The Balaban J connectivity index is 1.34. The maximum absolute atomic E-state index is 15.8. The summed E-state index contributed by atoms with van der Waals surface area (Å²) < 4.78 is 23.3. The molecule has 0 spiro atoms. The number of carbonyl (C=O) groups excluding carboxylic acids is 2. The van der Waals surface area contributed by atoms with E-state index in [2.05, 4.69) is 27.0 Å². The number of alkyl halides is 1. The van der Waals surface area contributed by atoms with Gasteiger partial charge in [-0.2, -0.15) is 0 Å². The number of hydrogen-bond acceptors (Lipinski definition) is 4. The van der Waals surface area contributed by atoms with Gasteiger partial charge in [0.05, 0.1) is 24.3 Å². The molecule has 0 aliphatic carbocycles. The zero-order chi connectivity index (χ0) is 25.4. The molecule has 0 radical (unpaired) electrons. The van der Waals surface area contributed by atoms with Crippen LogP contribution in [0.5, 0.6) is 0 Å². The number of likely N-dealkylation sites (tertiary alicyclic amines) is 1. The summed E-state index contributed by atoms with van der Waals surface area (Å²) in [4.78, 5) is 31.4. The fourth-order valence-electron chi connectivity index (χ4n) is 5.14. The van der Waals surface area contributed by atoms with Crippen LogP contribution in [0.4, 0.5) is 9.18 Å². The monoisotopic (exact) mass is 484 g/mol. The van der Waals surface area contributed by atoms with E-state index in [-0.39, 0.29) is 17.9 Å². The third-order valence-electron chi connectivity index (χ3n) is 7.04. The summed E-state index contributed by atoms with van der Waals surface area (Å²) in [6.45, 7) is 9.78. The molecule has 190 valence electrons. The van der Waals surface area contributed by atoms with Crippen molar-refractivity contribution in [3.63, 3.8) is 0 Å². The lowest BCUT2D eigenvalue weighted by Crippen LogP contribution is -2.55. The number of carbonyl (C=O) groups is 2. The molecule has 0 saturated carbocycles. The Morgan fingerprint density at radius 1 is 1.23 bits per heavy atom. The third-order valence-corrected chi connectivity index (χ3v) is 7.04. The van der Waals surface area contributed by atoms with E-state index >= 15 is 4.39 Å². The Bertz CT molecular complexity index is 1070. The molecular weight excluding hydrogens is 447 g/mol. The number of nitrogens with one attached hydrogen (secondary N) is 1. The van der Waals surface area contributed by atoms with Gasteiger partial charge in [-0.1, -0.05) is 38.1 Å². The number of aromatic nitrogens is 2.